The molecule has 0 amide bonds. The fraction of sp³-hybridized carbons (Fsp3) is 1.00. The first kappa shape index (κ1) is 38.3. The van der Waals surface area contributed by atoms with Crippen LogP contribution >= 0.6 is 0 Å². The number of hydrogen-bond acceptors (Lipinski definition) is 21. The van der Waals surface area contributed by atoms with Crippen LogP contribution < -0.4 is 0 Å². The first-order chi connectivity index (χ1) is 19.2. The van der Waals surface area contributed by atoms with Gasteiger partial charge in [0.05, 0.1) is 13.2 Å². The lowest BCUT2D eigenvalue weighted by molar-refractivity contribution is -0.315. The Morgan fingerprint density at radius 2 is 0.907 bits per heavy atom. The van der Waals surface area contributed by atoms with Crippen LogP contribution in [0, 0.1) is 0 Å². The molecule has 2 aliphatic rings. The monoisotopic (exact) mass is 742 g/mol. The van der Waals surface area contributed by atoms with Gasteiger partial charge in [0.25, 0.3) is 0 Å². The van der Waals surface area contributed by atoms with Crippen LogP contribution in [0.25, 0.3) is 0 Å². The summed E-state index contributed by atoms with van der Waals surface area (Å²) in [5, 5.41) is 30.1. The molecule has 256 valence electrons. The highest BCUT2D eigenvalue weighted by molar-refractivity contribution is 7.81. The van der Waals surface area contributed by atoms with Crippen LogP contribution in [0.1, 0.15) is 0 Å². The van der Waals surface area contributed by atoms with Crippen LogP contribution in [0.3, 0.4) is 0 Å². The zero-order chi connectivity index (χ0) is 33.3. The number of rotatable bonds is 14. The van der Waals surface area contributed by atoms with Gasteiger partial charge < -0.3 is 29.5 Å². The molecule has 10 atom stereocenters. The normalized spacial score (nSPS) is 35.1. The van der Waals surface area contributed by atoms with E-state index in [4.69, 9.17) is 37.0 Å². The van der Waals surface area contributed by atoms with Gasteiger partial charge in [-0.1, -0.05) is 0 Å². The van der Waals surface area contributed by atoms with E-state index >= 15 is 0 Å². The third-order valence-electron chi connectivity index (χ3n) is 5.00. The van der Waals surface area contributed by atoms with Crippen LogP contribution in [-0.2, 0) is 87.1 Å². The zero-order valence-electron chi connectivity index (χ0n) is 20.2. The standard InChI is InChI=1S/C12H22O26S5/c13-1-3-6(34-39(16,17)18)8(36-41(22,23)24)10(38-43(28,29)30)12(33-3)31-2-4-5(14)7(35-40(19,20)21)9(11(15)32-4)37-42(25,26)27/h3-15H,1-2H2,(H,16,17,18)(H,19,20,21)(H,22,23,24)(H,25,26,27)(H,28,29,30)/t3-,4+,5+,6-,7-,8-,9+,10+,11-,12-/m1/s1. The van der Waals surface area contributed by atoms with E-state index in [9.17, 15) is 57.4 Å². The number of aliphatic hydroxyl groups is 3. The fourth-order valence-corrected chi connectivity index (χ4v) is 6.12. The Balaban J connectivity index is 2.47. The van der Waals surface area contributed by atoms with Gasteiger partial charge >= 0.3 is 52.0 Å². The molecule has 2 heterocycles. The molecule has 0 radical (unpaired) electrons. The smallest absolute Gasteiger partial charge is 0.394 e. The van der Waals surface area contributed by atoms with Crippen LogP contribution in [0.15, 0.2) is 0 Å². The average molecular weight is 743 g/mol. The van der Waals surface area contributed by atoms with Crippen molar-refractivity contribution in [1.29, 1.82) is 0 Å². The molecule has 0 aliphatic carbocycles. The van der Waals surface area contributed by atoms with Crippen molar-refractivity contribution in [2.24, 2.45) is 0 Å². The maximum absolute atomic E-state index is 11.4. The topological polar surface area (TPSA) is 406 Å². The molecule has 0 aromatic heterocycles. The van der Waals surface area contributed by atoms with E-state index in [2.05, 4.69) is 20.9 Å². The first-order valence-corrected chi connectivity index (χ1v) is 17.2. The summed E-state index contributed by atoms with van der Waals surface area (Å²) in [7, 11) is -28.2. The van der Waals surface area contributed by atoms with Crippen molar-refractivity contribution in [2.75, 3.05) is 13.2 Å². The Morgan fingerprint density at radius 3 is 1.35 bits per heavy atom. The lowest BCUT2D eigenvalue weighted by Crippen LogP contribution is -2.64. The van der Waals surface area contributed by atoms with Crippen molar-refractivity contribution in [3.8, 4) is 0 Å². The Bertz CT molecular complexity index is 1500. The molecule has 31 heteroatoms. The van der Waals surface area contributed by atoms with E-state index in [0.717, 1.165) is 0 Å². The number of hydrogen-bond donors (Lipinski definition) is 8. The Kier molecular flexibility index (Phi) is 12.3. The molecule has 8 N–H and O–H groups in total. The summed E-state index contributed by atoms with van der Waals surface area (Å²) in [4.78, 5) is 0. The van der Waals surface area contributed by atoms with E-state index in [0.29, 0.717) is 0 Å². The van der Waals surface area contributed by atoms with Gasteiger partial charge in [0.2, 0.25) is 0 Å². The van der Waals surface area contributed by atoms with Crippen molar-refractivity contribution in [2.45, 2.75) is 61.4 Å². The molecule has 2 rings (SSSR count). The van der Waals surface area contributed by atoms with Crippen molar-refractivity contribution in [3.63, 3.8) is 0 Å². The average Bonchev–Trinajstić information content (AvgIpc) is 2.76. The maximum Gasteiger partial charge on any atom is 0.397 e. The molecule has 26 nitrogen and oxygen atoms in total. The molecule has 0 spiro atoms. The van der Waals surface area contributed by atoms with Crippen LogP contribution in [0.4, 0.5) is 0 Å². The summed E-state index contributed by atoms with van der Waals surface area (Å²) in [5.41, 5.74) is 0. The SMILES string of the molecule is O=S(=O)(O)O[C@H]1[C@H](OS(=O)(=O)O)[C@H](OC[C@@H]2O[C@@H](O)[C@@H](OS(=O)(=O)O)[C@H](OS(=O)(=O)O)[C@H]2O)O[C@H](CO)[C@H]1OS(=O)(=O)O. The number of aliphatic hydroxyl groups excluding tert-OH is 3. The van der Waals surface area contributed by atoms with E-state index in [1.54, 1.807) is 0 Å². The van der Waals surface area contributed by atoms with Crippen molar-refractivity contribution >= 4 is 52.0 Å². The molecule has 2 saturated heterocycles. The van der Waals surface area contributed by atoms with Gasteiger partial charge in [-0.15, -0.1) is 0 Å². The second-order valence-corrected chi connectivity index (χ2v) is 13.3. The summed E-state index contributed by atoms with van der Waals surface area (Å²) in [6, 6.07) is 0. The second kappa shape index (κ2) is 13.8. The molecular weight excluding hydrogens is 720 g/mol. The van der Waals surface area contributed by atoms with Gasteiger partial charge in [0, 0.05) is 0 Å². The minimum atomic E-state index is -5.74. The number of ether oxygens (including phenoxy) is 3. The quantitative estimate of drug-likeness (QED) is 0.0767. The van der Waals surface area contributed by atoms with Gasteiger partial charge in [0.15, 0.2) is 24.8 Å². The lowest BCUT2D eigenvalue weighted by atomic mass is 9.98. The van der Waals surface area contributed by atoms with Crippen LogP contribution in [0.5, 0.6) is 0 Å². The molecule has 2 aliphatic heterocycles. The van der Waals surface area contributed by atoms with Gasteiger partial charge in [-0.2, -0.15) is 42.1 Å². The molecular formula is C12H22O26S5. The molecule has 43 heavy (non-hydrogen) atoms. The lowest BCUT2D eigenvalue weighted by Gasteiger charge is -2.44. The maximum atomic E-state index is 11.4. The van der Waals surface area contributed by atoms with Crippen molar-refractivity contribution in [3.05, 3.63) is 0 Å². The first-order valence-electron chi connectivity index (χ1n) is 10.4. The highest BCUT2D eigenvalue weighted by Gasteiger charge is 2.55. The van der Waals surface area contributed by atoms with E-state index in [1.807, 2.05) is 0 Å². The summed E-state index contributed by atoms with van der Waals surface area (Å²) in [5.74, 6) is 0. The Hall–Kier alpha value is -0.890. The largest absolute Gasteiger partial charge is 0.397 e. The minimum absolute atomic E-state index is 1.32. The third kappa shape index (κ3) is 12.4. The highest BCUT2D eigenvalue weighted by Crippen LogP contribution is 2.33. The van der Waals surface area contributed by atoms with E-state index in [1.165, 1.54) is 0 Å². The summed E-state index contributed by atoms with van der Waals surface area (Å²) < 4.78 is 193. The third-order valence-corrected chi connectivity index (χ3v) is 7.32. The van der Waals surface area contributed by atoms with Gasteiger partial charge in [-0.3, -0.25) is 22.8 Å². The van der Waals surface area contributed by atoms with Gasteiger partial charge in [0.1, 0.15) is 36.6 Å². The van der Waals surface area contributed by atoms with Crippen LogP contribution in [0.2, 0.25) is 0 Å². The molecule has 0 saturated carbocycles. The Labute approximate surface area is 241 Å². The van der Waals surface area contributed by atoms with Crippen molar-refractivity contribution < 1.29 is 115 Å². The molecule has 0 bridgehead atoms. The van der Waals surface area contributed by atoms with Crippen molar-refractivity contribution in [1.82, 2.24) is 0 Å². The second-order valence-electron chi connectivity index (χ2n) is 8.06. The predicted octanol–water partition coefficient (Wildman–Crippen LogP) is -6.26. The Morgan fingerprint density at radius 1 is 0.512 bits per heavy atom. The predicted molar refractivity (Wildman–Crippen MR) is 121 cm³/mol. The van der Waals surface area contributed by atoms with Gasteiger partial charge in [-0.25, -0.2) is 20.9 Å². The molecule has 0 aromatic carbocycles. The molecule has 0 aromatic rings. The summed E-state index contributed by atoms with van der Waals surface area (Å²) >= 11 is 0. The zero-order valence-corrected chi connectivity index (χ0v) is 24.2. The molecule has 2 fully saturated rings. The minimum Gasteiger partial charge on any atom is -0.394 e. The van der Waals surface area contributed by atoms with E-state index < -0.39 is 127 Å². The van der Waals surface area contributed by atoms with E-state index in [-0.39, 0.29) is 0 Å². The van der Waals surface area contributed by atoms with Crippen LogP contribution in [-0.4, -0.2) is 155 Å². The highest BCUT2D eigenvalue weighted by atomic mass is 32.3. The molecule has 0 unspecified atom stereocenters. The fourth-order valence-electron chi connectivity index (χ4n) is 3.64. The summed E-state index contributed by atoms with van der Waals surface area (Å²) in [6.07, 6.45) is -25.5. The summed E-state index contributed by atoms with van der Waals surface area (Å²) in [6.45, 7) is -2.71. The van der Waals surface area contributed by atoms with Gasteiger partial charge in [-0.05, 0) is 0 Å².